The van der Waals surface area contributed by atoms with E-state index in [0.29, 0.717) is 11.4 Å². The van der Waals surface area contributed by atoms with Gasteiger partial charge in [0.15, 0.2) is 0 Å². The maximum Gasteiger partial charge on any atom is 0.240 e. The van der Waals surface area contributed by atoms with Crippen molar-refractivity contribution in [2.24, 2.45) is 0 Å². The lowest BCUT2D eigenvalue weighted by Gasteiger charge is -2.17. The number of benzene rings is 1. The summed E-state index contributed by atoms with van der Waals surface area (Å²) in [6.07, 6.45) is 5.26. The van der Waals surface area contributed by atoms with Gasteiger partial charge in [0.2, 0.25) is 10.0 Å². The number of hydrogen-bond acceptors (Lipinski definition) is 3. The zero-order chi connectivity index (χ0) is 14.6. The summed E-state index contributed by atoms with van der Waals surface area (Å²) < 4.78 is 27.2. The quantitative estimate of drug-likeness (QED) is 0.814. The number of nitrogens with one attached hydrogen (secondary N) is 1. The Morgan fingerprint density at radius 2 is 1.85 bits per heavy atom. The van der Waals surface area contributed by atoms with Crippen LogP contribution in [0.1, 0.15) is 30.4 Å². The van der Waals surface area contributed by atoms with Gasteiger partial charge in [0, 0.05) is 6.54 Å². The van der Waals surface area contributed by atoms with Crippen molar-refractivity contribution < 1.29 is 8.42 Å². The van der Waals surface area contributed by atoms with Crippen LogP contribution in [0.3, 0.4) is 0 Å². The Bertz CT molecular complexity index is 553. The third-order valence-electron chi connectivity index (χ3n) is 3.70. The molecule has 0 unspecified atom stereocenters. The maximum absolute atomic E-state index is 12.2. The first-order chi connectivity index (χ1) is 9.49. The van der Waals surface area contributed by atoms with Crippen LogP contribution in [0, 0.1) is 0 Å². The Balaban J connectivity index is 2.02. The molecule has 1 N–H and O–H groups in total. The van der Waals surface area contributed by atoms with Crippen LogP contribution < -0.4 is 4.72 Å². The molecule has 112 valence electrons. The van der Waals surface area contributed by atoms with Gasteiger partial charge in [-0.2, -0.15) is 0 Å². The van der Waals surface area contributed by atoms with Gasteiger partial charge >= 0.3 is 0 Å². The van der Waals surface area contributed by atoms with E-state index in [4.69, 9.17) is 0 Å². The van der Waals surface area contributed by atoms with E-state index < -0.39 is 10.0 Å². The number of nitrogens with zero attached hydrogens (tertiary/aromatic N) is 1. The molecule has 0 radical (unpaired) electrons. The lowest BCUT2D eigenvalue weighted by Crippen LogP contribution is -2.27. The Morgan fingerprint density at radius 1 is 1.15 bits per heavy atom. The van der Waals surface area contributed by atoms with E-state index in [-0.39, 0.29) is 0 Å². The Hall–Kier alpha value is -0.910. The summed E-state index contributed by atoms with van der Waals surface area (Å²) in [5, 5.41) is 0. The van der Waals surface area contributed by atoms with Gasteiger partial charge in [-0.05, 0) is 76.0 Å². The number of rotatable bonds is 6. The average Bonchev–Trinajstić information content (AvgIpc) is 2.43. The molecule has 20 heavy (non-hydrogen) atoms. The third kappa shape index (κ3) is 4.04. The van der Waals surface area contributed by atoms with Gasteiger partial charge in [0.25, 0.3) is 0 Å². The average molecular weight is 296 g/mol. The summed E-state index contributed by atoms with van der Waals surface area (Å²) in [4.78, 5) is 2.45. The van der Waals surface area contributed by atoms with Crippen molar-refractivity contribution in [3.05, 3.63) is 29.3 Å². The lowest BCUT2D eigenvalue weighted by molar-refractivity contribution is 0.400. The maximum atomic E-state index is 12.2. The van der Waals surface area contributed by atoms with Crippen molar-refractivity contribution in [1.29, 1.82) is 0 Å². The Kier molecular flexibility index (Phi) is 5.18. The van der Waals surface area contributed by atoms with Gasteiger partial charge in [0.1, 0.15) is 0 Å². The smallest absolute Gasteiger partial charge is 0.240 e. The second-order valence-electron chi connectivity index (χ2n) is 5.69. The molecule has 0 amide bonds. The van der Waals surface area contributed by atoms with E-state index in [1.165, 1.54) is 17.5 Å². The predicted molar refractivity (Wildman–Crippen MR) is 81.4 cm³/mol. The molecule has 0 fully saturated rings. The van der Waals surface area contributed by atoms with Crippen LogP contribution in [0.25, 0.3) is 0 Å². The first-order valence-electron chi connectivity index (χ1n) is 7.25. The zero-order valence-corrected chi connectivity index (χ0v) is 13.2. The standard InChI is InChI=1S/C15H24N2O2S/c1-17(2)11-5-10-16-20(18,19)15-9-8-13-6-3-4-7-14(13)12-15/h8-9,12,16H,3-7,10-11H2,1-2H3. The minimum Gasteiger partial charge on any atom is -0.309 e. The van der Waals surface area contributed by atoms with Crippen molar-refractivity contribution in [3.63, 3.8) is 0 Å². The van der Waals surface area contributed by atoms with Gasteiger partial charge in [-0.15, -0.1) is 0 Å². The van der Waals surface area contributed by atoms with Crippen LogP contribution >= 0.6 is 0 Å². The second-order valence-corrected chi connectivity index (χ2v) is 7.46. The summed E-state index contributed by atoms with van der Waals surface area (Å²) in [6.45, 7) is 1.37. The summed E-state index contributed by atoms with van der Waals surface area (Å²) in [6, 6.07) is 5.56. The van der Waals surface area contributed by atoms with Gasteiger partial charge in [-0.3, -0.25) is 0 Å². The third-order valence-corrected chi connectivity index (χ3v) is 5.16. The summed E-state index contributed by atoms with van der Waals surface area (Å²) in [7, 11) is 0.608. The minimum atomic E-state index is -3.36. The minimum absolute atomic E-state index is 0.406. The van der Waals surface area contributed by atoms with E-state index in [9.17, 15) is 8.42 Å². The fourth-order valence-corrected chi connectivity index (χ4v) is 3.69. The molecule has 0 saturated carbocycles. The SMILES string of the molecule is CN(C)CCCNS(=O)(=O)c1ccc2c(c1)CCCC2. The van der Waals surface area contributed by atoms with Crippen molar-refractivity contribution >= 4 is 10.0 Å². The number of fused-ring (bicyclic) bond motifs is 1. The number of sulfonamides is 1. The van der Waals surface area contributed by atoms with Crippen LogP contribution in [-0.2, 0) is 22.9 Å². The normalized spacial score (nSPS) is 15.3. The van der Waals surface area contributed by atoms with E-state index in [2.05, 4.69) is 4.72 Å². The van der Waals surface area contributed by atoms with Gasteiger partial charge in [-0.1, -0.05) is 6.07 Å². The van der Waals surface area contributed by atoms with Crippen LogP contribution in [0.4, 0.5) is 0 Å². The largest absolute Gasteiger partial charge is 0.309 e. The van der Waals surface area contributed by atoms with Crippen molar-refractivity contribution in [2.75, 3.05) is 27.2 Å². The van der Waals surface area contributed by atoms with Crippen molar-refractivity contribution in [3.8, 4) is 0 Å². The molecule has 0 spiro atoms. The van der Waals surface area contributed by atoms with Gasteiger partial charge in [-0.25, -0.2) is 13.1 Å². The zero-order valence-electron chi connectivity index (χ0n) is 12.4. The molecular weight excluding hydrogens is 272 g/mol. The highest BCUT2D eigenvalue weighted by Gasteiger charge is 2.17. The molecular formula is C15H24N2O2S. The first kappa shape index (κ1) is 15.5. The van der Waals surface area contributed by atoms with Crippen LogP contribution in [0.15, 0.2) is 23.1 Å². The fraction of sp³-hybridized carbons (Fsp3) is 0.600. The highest BCUT2D eigenvalue weighted by atomic mass is 32.2. The first-order valence-corrected chi connectivity index (χ1v) is 8.73. The van der Waals surface area contributed by atoms with E-state index >= 15 is 0 Å². The molecule has 1 aliphatic carbocycles. The van der Waals surface area contributed by atoms with Crippen LogP contribution in [0.5, 0.6) is 0 Å². The number of hydrogen-bond donors (Lipinski definition) is 1. The topological polar surface area (TPSA) is 49.4 Å². The monoisotopic (exact) mass is 296 g/mol. The molecule has 2 rings (SSSR count). The molecule has 0 atom stereocenters. The summed E-state index contributed by atoms with van der Waals surface area (Å²) >= 11 is 0. The molecule has 1 aliphatic rings. The lowest BCUT2D eigenvalue weighted by atomic mass is 9.92. The van der Waals surface area contributed by atoms with E-state index in [1.807, 2.05) is 31.1 Å². The summed E-state index contributed by atoms with van der Waals surface area (Å²) in [5.41, 5.74) is 2.51. The molecule has 1 aromatic carbocycles. The van der Waals surface area contributed by atoms with Crippen LogP contribution in [-0.4, -0.2) is 40.5 Å². The molecule has 5 heteroatoms. The van der Waals surface area contributed by atoms with E-state index in [0.717, 1.165) is 32.2 Å². The highest BCUT2D eigenvalue weighted by Crippen LogP contribution is 2.23. The molecule has 1 aromatic rings. The Labute approximate surface area is 122 Å². The highest BCUT2D eigenvalue weighted by molar-refractivity contribution is 7.89. The second kappa shape index (κ2) is 6.70. The van der Waals surface area contributed by atoms with Crippen LogP contribution in [0.2, 0.25) is 0 Å². The Morgan fingerprint density at radius 3 is 2.55 bits per heavy atom. The van der Waals surface area contributed by atoms with Crippen molar-refractivity contribution in [2.45, 2.75) is 37.0 Å². The van der Waals surface area contributed by atoms with Gasteiger partial charge in [0.05, 0.1) is 4.90 Å². The molecule has 0 bridgehead atoms. The molecule has 0 aromatic heterocycles. The fourth-order valence-electron chi connectivity index (χ4n) is 2.56. The molecule has 0 heterocycles. The molecule has 0 aliphatic heterocycles. The summed E-state index contributed by atoms with van der Waals surface area (Å²) in [5.74, 6) is 0. The van der Waals surface area contributed by atoms with Gasteiger partial charge < -0.3 is 4.90 Å². The predicted octanol–water partition coefficient (Wildman–Crippen LogP) is 1.80. The van der Waals surface area contributed by atoms with Crippen molar-refractivity contribution in [1.82, 2.24) is 9.62 Å². The van der Waals surface area contributed by atoms with E-state index in [1.54, 1.807) is 6.07 Å². The molecule has 4 nitrogen and oxygen atoms in total. The number of aryl methyl sites for hydroxylation is 2. The molecule has 0 saturated heterocycles.